The van der Waals surface area contributed by atoms with Crippen molar-refractivity contribution in [3.8, 4) is 5.75 Å². The highest BCUT2D eigenvalue weighted by atomic mass is 16.6. The smallest absolute Gasteiger partial charge is 0.155 e. The number of rotatable bonds is 4. The zero-order chi connectivity index (χ0) is 9.36. The van der Waals surface area contributed by atoms with E-state index in [1.807, 2.05) is 30.3 Å². The van der Waals surface area contributed by atoms with Crippen LogP contribution in [0.25, 0.3) is 0 Å². The summed E-state index contributed by atoms with van der Waals surface area (Å²) in [6, 6.07) is 9.50. The molecule has 1 rings (SSSR count). The molecule has 0 aromatic heterocycles. The first kappa shape index (κ1) is 9.32. The van der Waals surface area contributed by atoms with Crippen LogP contribution < -0.4 is 10.3 Å². The Balaban J connectivity index is 2.28. The Bertz CT molecular complexity index is 280. The molecule has 13 heavy (non-hydrogen) atoms. The fraction of sp³-hybridized carbons (Fsp3) is 0.100. The fourth-order valence-electron chi connectivity index (χ4n) is 0.759. The number of nitrogens with zero attached hydrogens (tertiary/aromatic N) is 1. The minimum absolute atomic E-state index is 0.778. The van der Waals surface area contributed by atoms with E-state index >= 15 is 0 Å². The predicted octanol–water partition coefficient (Wildman–Crippen LogP) is 1.78. The maximum absolute atomic E-state index is 5.15. The lowest BCUT2D eigenvalue weighted by Gasteiger charge is -2.01. The van der Waals surface area contributed by atoms with Gasteiger partial charge in [-0.15, -0.1) is 0 Å². The van der Waals surface area contributed by atoms with E-state index in [1.54, 1.807) is 25.5 Å². The van der Waals surface area contributed by atoms with Gasteiger partial charge in [0.2, 0.25) is 0 Å². The van der Waals surface area contributed by atoms with Gasteiger partial charge < -0.3 is 4.84 Å². The molecule has 68 valence electrons. The van der Waals surface area contributed by atoms with Gasteiger partial charge in [0.25, 0.3) is 0 Å². The summed E-state index contributed by atoms with van der Waals surface area (Å²) in [4.78, 5) is 8.93. The SMILES string of the molecule is C/N=C\C=C/NOc1ccccc1. The number of aliphatic imine (C=N–C) groups is 1. The molecule has 0 bridgehead atoms. The predicted molar refractivity (Wildman–Crippen MR) is 53.8 cm³/mol. The maximum atomic E-state index is 5.15. The Morgan fingerprint density at radius 1 is 1.31 bits per heavy atom. The summed E-state index contributed by atoms with van der Waals surface area (Å²) in [5, 5.41) is 0. The van der Waals surface area contributed by atoms with E-state index in [9.17, 15) is 0 Å². The van der Waals surface area contributed by atoms with Gasteiger partial charge in [0.05, 0.1) is 0 Å². The first-order valence-electron chi connectivity index (χ1n) is 3.98. The third-order valence-electron chi connectivity index (χ3n) is 1.32. The van der Waals surface area contributed by atoms with E-state index in [4.69, 9.17) is 4.84 Å². The standard InChI is InChI=1S/C10H12N2O/c1-11-8-5-9-12-13-10-6-3-2-4-7-10/h2-9,12H,1H3/b9-5-,11-8-. The van der Waals surface area contributed by atoms with Gasteiger partial charge in [-0.25, -0.2) is 5.48 Å². The minimum atomic E-state index is 0.778. The second kappa shape index (κ2) is 5.83. The minimum Gasteiger partial charge on any atom is -0.383 e. The molecule has 0 saturated heterocycles. The summed E-state index contributed by atoms with van der Waals surface area (Å²) < 4.78 is 0. The molecular weight excluding hydrogens is 164 g/mol. The molecule has 0 fully saturated rings. The van der Waals surface area contributed by atoms with E-state index in [2.05, 4.69) is 10.5 Å². The van der Waals surface area contributed by atoms with Crippen LogP contribution >= 0.6 is 0 Å². The topological polar surface area (TPSA) is 33.6 Å². The number of allylic oxidation sites excluding steroid dienone is 1. The van der Waals surface area contributed by atoms with E-state index in [0.717, 1.165) is 5.75 Å². The van der Waals surface area contributed by atoms with Crippen molar-refractivity contribution in [2.24, 2.45) is 4.99 Å². The van der Waals surface area contributed by atoms with Crippen molar-refractivity contribution in [1.82, 2.24) is 5.48 Å². The van der Waals surface area contributed by atoms with Crippen LogP contribution in [0.5, 0.6) is 5.75 Å². The van der Waals surface area contributed by atoms with Gasteiger partial charge >= 0.3 is 0 Å². The molecule has 0 aliphatic rings. The molecule has 0 unspecified atom stereocenters. The van der Waals surface area contributed by atoms with Gasteiger partial charge in [-0.3, -0.25) is 4.99 Å². The summed E-state index contributed by atoms with van der Waals surface area (Å²) >= 11 is 0. The zero-order valence-electron chi connectivity index (χ0n) is 7.47. The van der Waals surface area contributed by atoms with Crippen LogP contribution in [0.2, 0.25) is 0 Å². The molecule has 0 atom stereocenters. The van der Waals surface area contributed by atoms with Crippen LogP contribution in [0.1, 0.15) is 0 Å². The number of para-hydroxylation sites is 1. The highest BCUT2D eigenvalue weighted by molar-refractivity contribution is 5.70. The normalized spacial score (nSPS) is 10.8. The van der Waals surface area contributed by atoms with Crippen molar-refractivity contribution >= 4 is 6.21 Å². The lowest BCUT2D eigenvalue weighted by atomic mass is 10.3. The molecule has 0 aliphatic heterocycles. The maximum Gasteiger partial charge on any atom is 0.155 e. The van der Waals surface area contributed by atoms with Gasteiger partial charge in [0, 0.05) is 19.5 Å². The molecule has 0 amide bonds. The lowest BCUT2D eigenvalue weighted by Crippen LogP contribution is -2.09. The average Bonchev–Trinajstić information content (AvgIpc) is 2.19. The fourth-order valence-corrected chi connectivity index (χ4v) is 0.759. The summed E-state index contributed by atoms with van der Waals surface area (Å²) in [6.07, 6.45) is 5.09. The summed E-state index contributed by atoms with van der Waals surface area (Å²) in [5.74, 6) is 0.778. The third kappa shape index (κ3) is 3.96. The van der Waals surface area contributed by atoms with Crippen LogP contribution in [0.4, 0.5) is 0 Å². The molecule has 0 radical (unpaired) electrons. The van der Waals surface area contributed by atoms with Gasteiger partial charge in [0.1, 0.15) is 0 Å². The van der Waals surface area contributed by atoms with Crippen molar-refractivity contribution < 1.29 is 4.84 Å². The van der Waals surface area contributed by atoms with Crippen molar-refractivity contribution in [2.45, 2.75) is 0 Å². The van der Waals surface area contributed by atoms with Crippen LogP contribution in [-0.2, 0) is 0 Å². The molecule has 0 saturated carbocycles. The van der Waals surface area contributed by atoms with Crippen LogP contribution in [0, 0.1) is 0 Å². The zero-order valence-corrected chi connectivity index (χ0v) is 7.47. The van der Waals surface area contributed by atoms with Crippen molar-refractivity contribution in [3.05, 3.63) is 42.6 Å². The Hall–Kier alpha value is -1.77. The Labute approximate surface area is 77.7 Å². The first-order chi connectivity index (χ1) is 6.43. The van der Waals surface area contributed by atoms with Crippen LogP contribution in [0.3, 0.4) is 0 Å². The quantitative estimate of drug-likeness (QED) is 0.560. The number of hydroxylamine groups is 1. The van der Waals surface area contributed by atoms with E-state index in [1.165, 1.54) is 0 Å². The Kier molecular flexibility index (Phi) is 4.18. The molecule has 0 spiro atoms. The Morgan fingerprint density at radius 3 is 2.77 bits per heavy atom. The molecule has 1 N–H and O–H groups in total. The van der Waals surface area contributed by atoms with Crippen LogP contribution in [0.15, 0.2) is 47.6 Å². The Morgan fingerprint density at radius 2 is 2.08 bits per heavy atom. The van der Waals surface area contributed by atoms with Crippen LogP contribution in [-0.4, -0.2) is 13.3 Å². The molecule has 1 aromatic carbocycles. The number of hydrogen-bond acceptors (Lipinski definition) is 3. The summed E-state index contributed by atoms with van der Waals surface area (Å²) in [6.45, 7) is 0. The average molecular weight is 176 g/mol. The molecule has 0 aliphatic carbocycles. The second-order valence-electron chi connectivity index (χ2n) is 2.30. The van der Waals surface area contributed by atoms with E-state index in [-0.39, 0.29) is 0 Å². The van der Waals surface area contributed by atoms with Crippen molar-refractivity contribution in [2.75, 3.05) is 7.05 Å². The molecule has 1 aromatic rings. The monoisotopic (exact) mass is 176 g/mol. The molecule has 0 heterocycles. The number of nitrogens with one attached hydrogen (secondary N) is 1. The van der Waals surface area contributed by atoms with E-state index < -0.39 is 0 Å². The van der Waals surface area contributed by atoms with Crippen molar-refractivity contribution in [1.29, 1.82) is 0 Å². The van der Waals surface area contributed by atoms with Gasteiger partial charge in [-0.1, -0.05) is 18.2 Å². The number of benzene rings is 1. The summed E-state index contributed by atoms with van der Waals surface area (Å²) in [7, 11) is 1.71. The number of hydrogen-bond donors (Lipinski definition) is 1. The third-order valence-corrected chi connectivity index (χ3v) is 1.32. The van der Waals surface area contributed by atoms with Gasteiger partial charge in [0.15, 0.2) is 5.75 Å². The highest BCUT2D eigenvalue weighted by Crippen LogP contribution is 2.05. The molecular formula is C10H12N2O. The van der Waals surface area contributed by atoms with E-state index in [0.29, 0.717) is 0 Å². The second-order valence-corrected chi connectivity index (χ2v) is 2.30. The van der Waals surface area contributed by atoms with Gasteiger partial charge in [-0.05, 0) is 18.2 Å². The van der Waals surface area contributed by atoms with Crippen molar-refractivity contribution in [3.63, 3.8) is 0 Å². The lowest BCUT2D eigenvalue weighted by molar-refractivity contribution is 0.243. The summed E-state index contributed by atoms with van der Waals surface area (Å²) in [5.41, 5.74) is 2.66. The van der Waals surface area contributed by atoms with Gasteiger partial charge in [-0.2, -0.15) is 0 Å². The largest absolute Gasteiger partial charge is 0.383 e. The first-order valence-corrected chi connectivity index (χ1v) is 3.98. The molecule has 3 heteroatoms. The highest BCUT2D eigenvalue weighted by Gasteiger charge is 1.85. The molecule has 3 nitrogen and oxygen atoms in total.